The van der Waals surface area contributed by atoms with Crippen LogP contribution in [0, 0.1) is 5.92 Å². The molecule has 0 saturated carbocycles. The van der Waals surface area contributed by atoms with Crippen LogP contribution in [0.1, 0.15) is 40.2 Å². The van der Waals surface area contributed by atoms with Crippen molar-refractivity contribution in [1.82, 2.24) is 0 Å². The Balaban J connectivity index is 2.71. The van der Waals surface area contributed by atoms with Crippen molar-refractivity contribution < 1.29 is 30.5 Å². The second-order valence-corrected chi connectivity index (χ2v) is 10.6. The van der Waals surface area contributed by atoms with Crippen molar-refractivity contribution in [2.45, 2.75) is 53.2 Å². The van der Waals surface area contributed by atoms with Crippen molar-refractivity contribution in [3.05, 3.63) is 29.8 Å². The van der Waals surface area contributed by atoms with E-state index in [4.69, 9.17) is 9.31 Å². The molecule has 0 saturated heterocycles. The molecule has 0 aliphatic rings. The van der Waals surface area contributed by atoms with Gasteiger partial charge in [0.2, 0.25) is 0 Å². The topological polar surface area (TPSA) is 18.5 Å². The van der Waals surface area contributed by atoms with E-state index < -0.39 is 0 Å². The van der Waals surface area contributed by atoms with Crippen molar-refractivity contribution in [2.75, 3.05) is 13.3 Å². The van der Waals surface area contributed by atoms with Gasteiger partial charge >= 0.3 is 168 Å². The van der Waals surface area contributed by atoms with Crippen LogP contribution in [-0.2, 0) is 15.7 Å². The van der Waals surface area contributed by atoms with E-state index in [1.165, 1.54) is 25.3 Å². The van der Waals surface area contributed by atoms with Gasteiger partial charge in [-0.15, -0.1) is 0 Å². The van der Waals surface area contributed by atoms with Crippen molar-refractivity contribution >= 4 is 35.2 Å². The molecule has 0 amide bonds. The molecule has 5 heteroatoms. The van der Waals surface area contributed by atoms with E-state index in [0.717, 1.165) is 11.4 Å². The summed E-state index contributed by atoms with van der Waals surface area (Å²) in [7, 11) is -0.268. The molecular formula is C18H30BI2O2-. The number of hydrogen-bond donors (Lipinski definition) is 0. The standard InChI is InChI=1S/C18H30BI2O2/c1-6-21-13-17(12-20)11-16-7-9-18(10-8-16)19(22-14(2)3)23-15(4)5/h7-10,14-15,17H,6,11-13H2,1-5H3/q-1. The fourth-order valence-electron chi connectivity index (χ4n) is 2.24. The number of benzene rings is 1. The van der Waals surface area contributed by atoms with Crippen LogP contribution in [-0.4, -0.2) is 32.6 Å². The predicted octanol–water partition coefficient (Wildman–Crippen LogP) is 0.934. The third kappa shape index (κ3) is 9.07. The molecule has 1 unspecified atom stereocenters. The average molecular weight is 543 g/mol. The zero-order valence-electron chi connectivity index (χ0n) is 15.0. The SMILES string of the molecule is CC[I-]CC(CI)Cc1ccc(B(OC(C)C)OC(C)C)cc1. The summed E-state index contributed by atoms with van der Waals surface area (Å²) in [5, 5.41) is 0. The summed E-state index contributed by atoms with van der Waals surface area (Å²) in [5.41, 5.74) is 2.55. The van der Waals surface area contributed by atoms with Crippen molar-refractivity contribution in [3.63, 3.8) is 0 Å². The Hall–Kier alpha value is 0.665. The van der Waals surface area contributed by atoms with Crippen molar-refractivity contribution in [2.24, 2.45) is 5.92 Å². The molecule has 0 aromatic heterocycles. The Morgan fingerprint density at radius 3 is 2.04 bits per heavy atom. The summed E-state index contributed by atoms with van der Waals surface area (Å²) in [6.45, 7) is 10.5. The molecular weight excluding hydrogens is 513 g/mol. The summed E-state index contributed by atoms with van der Waals surface area (Å²) in [6, 6.07) is 8.84. The van der Waals surface area contributed by atoms with Gasteiger partial charge in [0, 0.05) is 0 Å². The third-order valence-electron chi connectivity index (χ3n) is 3.30. The first kappa shape index (κ1) is 21.7. The predicted molar refractivity (Wildman–Crippen MR) is 106 cm³/mol. The van der Waals surface area contributed by atoms with Gasteiger partial charge in [0.15, 0.2) is 0 Å². The van der Waals surface area contributed by atoms with E-state index in [2.05, 4.69) is 53.8 Å². The van der Waals surface area contributed by atoms with Gasteiger partial charge < -0.3 is 0 Å². The third-order valence-corrected chi connectivity index (χ3v) is 7.50. The minimum absolute atomic E-state index is 0.153. The van der Waals surface area contributed by atoms with Gasteiger partial charge in [-0.25, -0.2) is 0 Å². The van der Waals surface area contributed by atoms with Crippen LogP contribution in [0.5, 0.6) is 0 Å². The Kier molecular flexibility index (Phi) is 11.4. The first-order valence-corrected chi connectivity index (χ1v) is 13.0. The van der Waals surface area contributed by atoms with Crippen LogP contribution < -0.4 is 26.7 Å². The van der Waals surface area contributed by atoms with Crippen LogP contribution in [0.25, 0.3) is 0 Å². The number of rotatable bonds is 11. The van der Waals surface area contributed by atoms with Crippen molar-refractivity contribution in [1.29, 1.82) is 0 Å². The van der Waals surface area contributed by atoms with Gasteiger partial charge in [0.1, 0.15) is 0 Å². The van der Waals surface area contributed by atoms with E-state index in [1.807, 2.05) is 27.7 Å². The summed E-state index contributed by atoms with van der Waals surface area (Å²) in [4.78, 5) is 0. The first-order valence-electron chi connectivity index (χ1n) is 8.45. The summed E-state index contributed by atoms with van der Waals surface area (Å²) < 4.78 is 15.9. The zero-order chi connectivity index (χ0) is 17.2. The molecule has 1 aromatic rings. The van der Waals surface area contributed by atoms with E-state index in [-0.39, 0.29) is 19.3 Å². The van der Waals surface area contributed by atoms with E-state index in [9.17, 15) is 0 Å². The summed E-state index contributed by atoms with van der Waals surface area (Å²) >= 11 is 2.94. The quantitative estimate of drug-likeness (QED) is 0.235. The second-order valence-electron chi connectivity index (χ2n) is 6.28. The average Bonchev–Trinajstić information content (AvgIpc) is 2.50. The second kappa shape index (κ2) is 12.1. The van der Waals surface area contributed by atoms with Gasteiger partial charge in [-0.1, -0.05) is 0 Å². The van der Waals surface area contributed by atoms with Crippen LogP contribution >= 0.6 is 22.6 Å². The maximum absolute atomic E-state index is 5.92. The zero-order valence-corrected chi connectivity index (χ0v) is 19.3. The van der Waals surface area contributed by atoms with Gasteiger partial charge in [0.25, 0.3) is 0 Å². The van der Waals surface area contributed by atoms with Crippen LogP contribution in [0.2, 0.25) is 0 Å². The molecule has 2 nitrogen and oxygen atoms in total. The molecule has 0 bridgehead atoms. The molecule has 0 aliphatic carbocycles. The fraction of sp³-hybridized carbons (Fsp3) is 0.667. The monoisotopic (exact) mass is 543 g/mol. The number of halogens is 2. The van der Waals surface area contributed by atoms with Crippen LogP contribution in [0.3, 0.4) is 0 Å². The number of hydrogen-bond acceptors (Lipinski definition) is 2. The normalized spacial score (nSPS) is 13.0. The molecule has 0 N–H and O–H groups in total. The van der Waals surface area contributed by atoms with Gasteiger partial charge in [-0.3, -0.25) is 0 Å². The molecule has 0 radical (unpaired) electrons. The first-order chi connectivity index (χ1) is 11.0. The molecule has 0 aliphatic heterocycles. The van der Waals surface area contributed by atoms with Crippen molar-refractivity contribution in [3.8, 4) is 0 Å². The maximum atomic E-state index is 5.92. The molecule has 0 fully saturated rings. The van der Waals surface area contributed by atoms with E-state index >= 15 is 0 Å². The van der Waals surface area contributed by atoms with Gasteiger partial charge in [0.05, 0.1) is 0 Å². The molecule has 132 valence electrons. The molecule has 1 aromatic carbocycles. The fourth-order valence-corrected chi connectivity index (χ4v) is 6.18. The Labute approximate surface area is 167 Å². The summed E-state index contributed by atoms with van der Waals surface area (Å²) in [6.07, 6.45) is 1.50. The Morgan fingerprint density at radius 2 is 1.61 bits per heavy atom. The van der Waals surface area contributed by atoms with Gasteiger partial charge in [-0.05, 0) is 0 Å². The van der Waals surface area contributed by atoms with Crippen LogP contribution in [0.15, 0.2) is 24.3 Å². The molecule has 23 heavy (non-hydrogen) atoms. The Morgan fingerprint density at radius 1 is 1.04 bits per heavy atom. The molecule has 0 spiro atoms. The molecule has 1 atom stereocenters. The minimum atomic E-state index is -0.268. The number of alkyl halides is 3. The summed E-state index contributed by atoms with van der Waals surface area (Å²) in [5.74, 6) is 0.837. The van der Waals surface area contributed by atoms with E-state index in [1.54, 1.807) is 0 Å². The Bertz CT molecular complexity index is 414. The molecule has 0 heterocycles. The van der Waals surface area contributed by atoms with Gasteiger partial charge in [-0.2, -0.15) is 0 Å². The molecule has 1 rings (SSSR count). The van der Waals surface area contributed by atoms with E-state index in [0.29, 0.717) is 21.2 Å². The van der Waals surface area contributed by atoms with Crippen LogP contribution in [0.4, 0.5) is 0 Å².